The van der Waals surface area contributed by atoms with Crippen LogP contribution in [-0.4, -0.2) is 4.98 Å². The van der Waals surface area contributed by atoms with Crippen LogP contribution in [-0.2, 0) is 6.42 Å². The highest BCUT2D eigenvalue weighted by Gasteiger charge is 1.92. The summed E-state index contributed by atoms with van der Waals surface area (Å²) in [6.45, 7) is 2.12. The summed E-state index contributed by atoms with van der Waals surface area (Å²) in [6.07, 6.45) is 1.06. The molecule has 0 aromatic carbocycles. The second kappa shape index (κ2) is 2.77. The maximum absolute atomic E-state index is 4.23. The standard InChI is InChI=1S/C5H6INS/c1-2-5-7-4(6)3-8-5/h3H,2H2,1H3. The molecule has 0 aliphatic heterocycles. The lowest BCUT2D eigenvalue weighted by molar-refractivity contribution is 1.08. The first-order chi connectivity index (χ1) is 3.83. The maximum Gasteiger partial charge on any atom is 0.112 e. The molecule has 0 aliphatic carbocycles. The number of aryl methyl sites for hydroxylation is 1. The predicted octanol–water partition coefficient (Wildman–Crippen LogP) is 2.31. The van der Waals surface area contributed by atoms with Gasteiger partial charge in [-0.15, -0.1) is 11.3 Å². The Labute approximate surface area is 66.3 Å². The van der Waals surface area contributed by atoms with E-state index in [4.69, 9.17) is 0 Å². The number of hydrogen-bond donors (Lipinski definition) is 0. The minimum Gasteiger partial charge on any atom is -0.235 e. The van der Waals surface area contributed by atoms with Gasteiger partial charge in [-0.1, -0.05) is 6.92 Å². The number of thiazole rings is 1. The average Bonchev–Trinajstić information content (AvgIpc) is 2.14. The molecule has 44 valence electrons. The van der Waals surface area contributed by atoms with Crippen molar-refractivity contribution in [3.05, 3.63) is 14.1 Å². The van der Waals surface area contributed by atoms with Gasteiger partial charge in [0.1, 0.15) is 3.70 Å². The molecule has 1 heterocycles. The fraction of sp³-hybridized carbons (Fsp3) is 0.400. The molecule has 0 fully saturated rings. The molecule has 1 nitrogen and oxygen atoms in total. The van der Waals surface area contributed by atoms with E-state index in [1.54, 1.807) is 11.3 Å². The Morgan fingerprint density at radius 1 is 1.88 bits per heavy atom. The Morgan fingerprint density at radius 2 is 2.62 bits per heavy atom. The molecule has 0 saturated carbocycles. The van der Waals surface area contributed by atoms with E-state index < -0.39 is 0 Å². The Bertz CT molecular complexity index is 173. The van der Waals surface area contributed by atoms with Gasteiger partial charge in [0, 0.05) is 5.38 Å². The quantitative estimate of drug-likeness (QED) is 0.685. The summed E-state index contributed by atoms with van der Waals surface area (Å²) in [7, 11) is 0. The average molecular weight is 239 g/mol. The zero-order valence-electron chi connectivity index (χ0n) is 4.52. The van der Waals surface area contributed by atoms with E-state index in [0.717, 1.165) is 10.1 Å². The summed E-state index contributed by atoms with van der Waals surface area (Å²) >= 11 is 3.95. The van der Waals surface area contributed by atoms with Crippen molar-refractivity contribution in [2.45, 2.75) is 13.3 Å². The number of hydrogen-bond acceptors (Lipinski definition) is 2. The molecule has 0 atom stereocenters. The number of aromatic nitrogens is 1. The monoisotopic (exact) mass is 239 g/mol. The highest BCUT2D eigenvalue weighted by molar-refractivity contribution is 14.1. The summed E-state index contributed by atoms with van der Waals surface area (Å²) in [5.74, 6) is 0. The minimum atomic E-state index is 1.06. The summed E-state index contributed by atoms with van der Waals surface area (Å²) in [4.78, 5) is 4.23. The van der Waals surface area contributed by atoms with E-state index >= 15 is 0 Å². The van der Waals surface area contributed by atoms with Gasteiger partial charge in [-0.2, -0.15) is 0 Å². The zero-order chi connectivity index (χ0) is 5.98. The normalized spacial score (nSPS) is 9.75. The topological polar surface area (TPSA) is 12.9 Å². The fourth-order valence-corrected chi connectivity index (χ4v) is 1.89. The molecule has 0 radical (unpaired) electrons. The molecule has 0 saturated heterocycles. The van der Waals surface area contributed by atoms with Gasteiger partial charge in [-0.3, -0.25) is 0 Å². The lowest BCUT2D eigenvalue weighted by Gasteiger charge is -1.78. The molecule has 3 heteroatoms. The molecule has 0 N–H and O–H groups in total. The van der Waals surface area contributed by atoms with Crippen LogP contribution in [0.2, 0.25) is 0 Å². The molecule has 0 spiro atoms. The summed E-state index contributed by atoms with van der Waals surface area (Å²) in [5, 5.41) is 3.30. The van der Waals surface area contributed by atoms with Gasteiger partial charge in [0.25, 0.3) is 0 Å². The Morgan fingerprint density at radius 3 is 2.88 bits per heavy atom. The molecule has 0 bridgehead atoms. The first-order valence-corrected chi connectivity index (χ1v) is 4.38. The van der Waals surface area contributed by atoms with Gasteiger partial charge in [0.05, 0.1) is 5.01 Å². The molecular weight excluding hydrogens is 233 g/mol. The van der Waals surface area contributed by atoms with Crippen LogP contribution in [0.1, 0.15) is 11.9 Å². The highest BCUT2D eigenvalue weighted by Crippen LogP contribution is 2.10. The predicted molar refractivity (Wildman–Crippen MR) is 44.2 cm³/mol. The van der Waals surface area contributed by atoms with Crippen molar-refractivity contribution in [3.63, 3.8) is 0 Å². The van der Waals surface area contributed by atoms with Crippen molar-refractivity contribution in [1.29, 1.82) is 0 Å². The highest BCUT2D eigenvalue weighted by atomic mass is 127. The Hall–Kier alpha value is 0.360. The van der Waals surface area contributed by atoms with Crippen LogP contribution in [0.5, 0.6) is 0 Å². The lowest BCUT2D eigenvalue weighted by atomic mass is 10.5. The molecular formula is C5H6INS. The third kappa shape index (κ3) is 1.42. The first kappa shape index (κ1) is 6.48. The fourth-order valence-electron chi connectivity index (χ4n) is 0.451. The van der Waals surface area contributed by atoms with Crippen LogP contribution >= 0.6 is 33.9 Å². The molecule has 1 aromatic rings. The van der Waals surface area contributed by atoms with Gasteiger partial charge in [0.15, 0.2) is 0 Å². The second-order valence-corrected chi connectivity index (χ2v) is 3.47. The molecule has 0 amide bonds. The smallest absolute Gasteiger partial charge is 0.112 e. The van der Waals surface area contributed by atoms with Crippen LogP contribution in [0.4, 0.5) is 0 Å². The van der Waals surface area contributed by atoms with Crippen LogP contribution in [0.15, 0.2) is 5.38 Å². The van der Waals surface area contributed by atoms with Crippen molar-refractivity contribution in [3.8, 4) is 0 Å². The van der Waals surface area contributed by atoms with Crippen LogP contribution in [0.3, 0.4) is 0 Å². The maximum atomic E-state index is 4.23. The van der Waals surface area contributed by atoms with Crippen molar-refractivity contribution in [1.82, 2.24) is 4.98 Å². The zero-order valence-corrected chi connectivity index (χ0v) is 7.49. The third-order valence-electron chi connectivity index (χ3n) is 0.826. The van der Waals surface area contributed by atoms with Gasteiger partial charge < -0.3 is 0 Å². The van der Waals surface area contributed by atoms with Gasteiger partial charge in [-0.25, -0.2) is 4.98 Å². The van der Waals surface area contributed by atoms with E-state index in [1.807, 2.05) is 0 Å². The van der Waals surface area contributed by atoms with Gasteiger partial charge in [0.2, 0.25) is 0 Å². The van der Waals surface area contributed by atoms with E-state index in [0.29, 0.717) is 0 Å². The number of rotatable bonds is 1. The molecule has 8 heavy (non-hydrogen) atoms. The largest absolute Gasteiger partial charge is 0.235 e. The van der Waals surface area contributed by atoms with Gasteiger partial charge in [-0.05, 0) is 29.0 Å². The lowest BCUT2D eigenvalue weighted by Crippen LogP contribution is -1.74. The molecule has 0 aliphatic rings. The number of halogens is 1. The summed E-state index contributed by atoms with van der Waals surface area (Å²) in [6, 6.07) is 0. The summed E-state index contributed by atoms with van der Waals surface area (Å²) < 4.78 is 1.12. The van der Waals surface area contributed by atoms with E-state index in [9.17, 15) is 0 Å². The second-order valence-electron chi connectivity index (χ2n) is 1.42. The van der Waals surface area contributed by atoms with Crippen LogP contribution in [0.25, 0.3) is 0 Å². The Kier molecular flexibility index (Phi) is 2.25. The Balaban J connectivity index is 2.84. The number of nitrogens with zero attached hydrogens (tertiary/aromatic N) is 1. The van der Waals surface area contributed by atoms with E-state index in [2.05, 4.69) is 39.9 Å². The first-order valence-electron chi connectivity index (χ1n) is 2.43. The van der Waals surface area contributed by atoms with E-state index in [-0.39, 0.29) is 0 Å². The van der Waals surface area contributed by atoms with E-state index in [1.165, 1.54) is 5.01 Å². The van der Waals surface area contributed by atoms with Crippen molar-refractivity contribution >= 4 is 33.9 Å². The third-order valence-corrected chi connectivity index (χ3v) is 2.79. The molecule has 1 aromatic heterocycles. The summed E-state index contributed by atoms with van der Waals surface area (Å²) in [5.41, 5.74) is 0. The van der Waals surface area contributed by atoms with Crippen molar-refractivity contribution in [2.24, 2.45) is 0 Å². The van der Waals surface area contributed by atoms with Crippen LogP contribution in [0, 0.1) is 3.70 Å². The SMILES string of the molecule is CCc1nc(I)cs1. The van der Waals surface area contributed by atoms with Gasteiger partial charge >= 0.3 is 0 Å². The minimum absolute atomic E-state index is 1.06. The molecule has 1 rings (SSSR count). The van der Waals surface area contributed by atoms with Crippen molar-refractivity contribution < 1.29 is 0 Å². The van der Waals surface area contributed by atoms with Crippen molar-refractivity contribution in [2.75, 3.05) is 0 Å². The molecule has 0 unspecified atom stereocenters. The van der Waals surface area contributed by atoms with Crippen LogP contribution < -0.4 is 0 Å².